The summed E-state index contributed by atoms with van der Waals surface area (Å²) in [4.78, 5) is 12.8. The summed E-state index contributed by atoms with van der Waals surface area (Å²) in [5.74, 6) is 2.30. The predicted molar refractivity (Wildman–Crippen MR) is 132 cm³/mol. The number of rotatable bonds is 12. The highest BCUT2D eigenvalue weighted by Crippen LogP contribution is 2.37. The van der Waals surface area contributed by atoms with Gasteiger partial charge in [-0.2, -0.15) is 0 Å². The number of ketones is 1. The van der Waals surface area contributed by atoms with Crippen molar-refractivity contribution in [2.24, 2.45) is 0 Å². The Morgan fingerprint density at radius 2 is 1.38 bits per heavy atom. The van der Waals surface area contributed by atoms with E-state index >= 15 is 0 Å². The van der Waals surface area contributed by atoms with Gasteiger partial charge in [0.15, 0.2) is 5.78 Å². The Bertz CT molecular complexity index is 889. The van der Waals surface area contributed by atoms with Gasteiger partial charge in [0.2, 0.25) is 0 Å². The minimum Gasteiger partial charge on any atom is -0.494 e. The van der Waals surface area contributed by atoms with Crippen LogP contribution >= 0.6 is 0 Å². The third-order valence-electron chi connectivity index (χ3n) is 4.87. The van der Waals surface area contributed by atoms with E-state index in [1.807, 2.05) is 24.3 Å². The lowest BCUT2D eigenvalue weighted by Gasteiger charge is -2.25. The maximum Gasteiger partial charge on any atom is 0.185 e. The van der Waals surface area contributed by atoms with E-state index in [1.165, 1.54) is 0 Å². The van der Waals surface area contributed by atoms with Crippen LogP contribution in [0, 0.1) is 0 Å². The highest BCUT2D eigenvalue weighted by atomic mass is 16.5. The molecule has 0 atom stereocenters. The molecule has 0 bridgehead atoms. The van der Waals surface area contributed by atoms with Gasteiger partial charge in [-0.3, -0.25) is 4.79 Å². The summed E-state index contributed by atoms with van der Waals surface area (Å²) >= 11 is 0. The zero-order valence-corrected chi connectivity index (χ0v) is 20.5. The molecule has 0 saturated carbocycles. The van der Waals surface area contributed by atoms with Crippen molar-refractivity contribution < 1.29 is 19.0 Å². The van der Waals surface area contributed by atoms with Crippen LogP contribution in [0.4, 0.5) is 0 Å². The SMILES string of the molecule is CCCOc1ccc(C(=O)/C=C/c2cc(C(C)(C)C)c(OCCC)cc2OCCC)cc1. The van der Waals surface area contributed by atoms with Gasteiger partial charge in [0.25, 0.3) is 0 Å². The van der Waals surface area contributed by atoms with Crippen LogP contribution in [0.15, 0.2) is 42.5 Å². The molecule has 0 fully saturated rings. The van der Waals surface area contributed by atoms with Crippen molar-refractivity contribution in [2.45, 2.75) is 66.2 Å². The molecule has 0 N–H and O–H groups in total. The molecule has 0 radical (unpaired) electrons. The van der Waals surface area contributed by atoms with Crippen LogP contribution in [0.3, 0.4) is 0 Å². The molecule has 0 aliphatic heterocycles. The predicted octanol–water partition coefficient (Wildman–Crippen LogP) is 7.25. The molecule has 2 aromatic carbocycles. The third-order valence-corrected chi connectivity index (χ3v) is 4.87. The lowest BCUT2D eigenvalue weighted by atomic mass is 9.85. The van der Waals surface area contributed by atoms with Gasteiger partial charge in [-0.25, -0.2) is 0 Å². The maximum atomic E-state index is 12.8. The largest absolute Gasteiger partial charge is 0.494 e. The maximum absolute atomic E-state index is 12.8. The minimum atomic E-state index is -0.104. The summed E-state index contributed by atoms with van der Waals surface area (Å²) in [6.07, 6.45) is 6.24. The summed E-state index contributed by atoms with van der Waals surface area (Å²) in [6, 6.07) is 11.3. The average Bonchev–Trinajstić information content (AvgIpc) is 2.78. The Kier molecular flexibility index (Phi) is 9.83. The molecule has 0 aliphatic rings. The van der Waals surface area contributed by atoms with Crippen LogP contribution in [0.2, 0.25) is 0 Å². The molecular weight excluding hydrogens is 400 g/mol. The minimum absolute atomic E-state index is 0.0582. The van der Waals surface area contributed by atoms with Gasteiger partial charge < -0.3 is 14.2 Å². The van der Waals surface area contributed by atoms with E-state index in [9.17, 15) is 4.79 Å². The van der Waals surface area contributed by atoms with E-state index in [0.717, 1.165) is 47.6 Å². The molecule has 0 spiro atoms. The topological polar surface area (TPSA) is 44.8 Å². The highest BCUT2D eigenvalue weighted by Gasteiger charge is 2.22. The second-order valence-corrected chi connectivity index (χ2v) is 8.90. The van der Waals surface area contributed by atoms with Crippen molar-refractivity contribution in [3.05, 3.63) is 59.2 Å². The van der Waals surface area contributed by atoms with Crippen molar-refractivity contribution in [3.63, 3.8) is 0 Å². The normalized spacial score (nSPS) is 11.6. The molecule has 0 amide bonds. The van der Waals surface area contributed by atoms with E-state index in [-0.39, 0.29) is 11.2 Å². The lowest BCUT2D eigenvalue weighted by Crippen LogP contribution is -2.15. The van der Waals surface area contributed by atoms with Gasteiger partial charge in [-0.05, 0) is 67.2 Å². The summed E-state index contributed by atoms with van der Waals surface area (Å²) in [7, 11) is 0. The zero-order valence-electron chi connectivity index (χ0n) is 20.5. The lowest BCUT2D eigenvalue weighted by molar-refractivity contribution is 0.104. The Morgan fingerprint density at radius 1 is 0.812 bits per heavy atom. The summed E-state index contributed by atoms with van der Waals surface area (Å²) in [5, 5.41) is 0. The molecule has 0 aliphatic carbocycles. The summed E-state index contributed by atoms with van der Waals surface area (Å²) in [5.41, 5.74) is 2.50. The quantitative estimate of drug-likeness (QED) is 0.259. The summed E-state index contributed by atoms with van der Waals surface area (Å²) < 4.78 is 17.6. The molecule has 4 heteroatoms. The van der Waals surface area contributed by atoms with Crippen LogP contribution in [0.5, 0.6) is 17.2 Å². The first-order valence-electron chi connectivity index (χ1n) is 11.7. The summed E-state index contributed by atoms with van der Waals surface area (Å²) in [6.45, 7) is 14.6. The van der Waals surface area contributed by atoms with E-state index < -0.39 is 0 Å². The second kappa shape index (κ2) is 12.3. The fraction of sp³-hybridized carbons (Fsp3) is 0.464. The van der Waals surface area contributed by atoms with E-state index in [2.05, 4.69) is 47.6 Å². The monoisotopic (exact) mass is 438 g/mol. The second-order valence-electron chi connectivity index (χ2n) is 8.90. The number of ether oxygens (including phenoxy) is 3. The number of hydrogen-bond donors (Lipinski definition) is 0. The van der Waals surface area contributed by atoms with Crippen molar-refractivity contribution in [2.75, 3.05) is 19.8 Å². The zero-order chi connectivity index (χ0) is 23.6. The Labute approximate surface area is 193 Å². The van der Waals surface area contributed by atoms with Crippen molar-refractivity contribution >= 4 is 11.9 Å². The van der Waals surface area contributed by atoms with Crippen molar-refractivity contribution in [1.29, 1.82) is 0 Å². The Morgan fingerprint density at radius 3 is 1.94 bits per heavy atom. The first kappa shape index (κ1) is 25.5. The first-order chi connectivity index (χ1) is 15.3. The third kappa shape index (κ3) is 7.44. The van der Waals surface area contributed by atoms with Crippen molar-refractivity contribution in [1.82, 2.24) is 0 Å². The molecule has 0 saturated heterocycles. The van der Waals surface area contributed by atoms with Gasteiger partial charge in [0, 0.05) is 22.8 Å². The average molecular weight is 439 g/mol. The number of carbonyl (C=O) groups excluding carboxylic acids is 1. The van der Waals surface area contributed by atoms with Gasteiger partial charge in [0.1, 0.15) is 17.2 Å². The van der Waals surface area contributed by atoms with Gasteiger partial charge in [0.05, 0.1) is 19.8 Å². The molecule has 2 aromatic rings. The highest BCUT2D eigenvalue weighted by molar-refractivity contribution is 6.07. The van der Waals surface area contributed by atoms with Crippen LogP contribution in [0.1, 0.15) is 82.3 Å². The fourth-order valence-electron chi connectivity index (χ4n) is 3.16. The first-order valence-corrected chi connectivity index (χ1v) is 11.7. The molecule has 32 heavy (non-hydrogen) atoms. The van der Waals surface area contributed by atoms with E-state index in [4.69, 9.17) is 14.2 Å². The number of allylic oxidation sites excluding steroid dienone is 1. The molecule has 2 rings (SSSR count). The van der Waals surface area contributed by atoms with Crippen LogP contribution in [-0.4, -0.2) is 25.6 Å². The fourth-order valence-corrected chi connectivity index (χ4v) is 3.16. The molecule has 4 nitrogen and oxygen atoms in total. The van der Waals surface area contributed by atoms with Crippen molar-refractivity contribution in [3.8, 4) is 17.2 Å². The molecule has 0 aromatic heterocycles. The Hall–Kier alpha value is -2.75. The van der Waals surface area contributed by atoms with E-state index in [0.29, 0.717) is 25.4 Å². The van der Waals surface area contributed by atoms with Gasteiger partial charge >= 0.3 is 0 Å². The van der Waals surface area contributed by atoms with Crippen LogP contribution in [0.25, 0.3) is 6.08 Å². The Balaban J connectivity index is 2.34. The number of hydrogen-bond acceptors (Lipinski definition) is 4. The standard InChI is InChI=1S/C28H38O4/c1-7-16-30-23-13-10-21(11-14-23)25(29)15-12-22-19-24(28(4,5)6)27(32-18-9-3)20-26(22)31-17-8-2/h10-15,19-20H,7-9,16-18H2,1-6H3/b15-12+. The number of benzene rings is 2. The molecule has 174 valence electrons. The van der Waals surface area contributed by atoms with Crippen LogP contribution in [-0.2, 0) is 5.41 Å². The van der Waals surface area contributed by atoms with Gasteiger partial charge in [-0.15, -0.1) is 0 Å². The van der Waals surface area contributed by atoms with Gasteiger partial charge in [-0.1, -0.05) is 41.5 Å². The smallest absolute Gasteiger partial charge is 0.185 e. The van der Waals surface area contributed by atoms with E-state index in [1.54, 1.807) is 18.2 Å². The molecular formula is C28H38O4. The number of carbonyl (C=O) groups is 1. The van der Waals surface area contributed by atoms with Crippen LogP contribution < -0.4 is 14.2 Å². The molecule has 0 unspecified atom stereocenters. The molecule has 0 heterocycles.